The van der Waals surface area contributed by atoms with Gasteiger partial charge in [-0.3, -0.25) is 0 Å². The summed E-state index contributed by atoms with van der Waals surface area (Å²) in [6.07, 6.45) is -0.635. The Morgan fingerprint density at radius 2 is 1.89 bits per heavy atom. The molecule has 0 radical (unpaired) electrons. The van der Waals surface area contributed by atoms with Gasteiger partial charge < -0.3 is 20.5 Å². The van der Waals surface area contributed by atoms with E-state index in [-0.39, 0.29) is 35.9 Å². The fraction of sp³-hybridized carbons (Fsp3) is 0.381. The summed E-state index contributed by atoms with van der Waals surface area (Å²) in [7, 11) is 0. The first-order chi connectivity index (χ1) is 13.0. The predicted molar refractivity (Wildman–Crippen MR) is 122 cm³/mol. The number of aliphatic imine (C=N–C) groups is 1. The van der Waals surface area contributed by atoms with E-state index in [1.54, 1.807) is 6.07 Å². The fourth-order valence-electron chi connectivity index (χ4n) is 2.53. The van der Waals surface area contributed by atoms with Crippen molar-refractivity contribution in [2.24, 2.45) is 4.99 Å². The number of guanidine groups is 1. The van der Waals surface area contributed by atoms with E-state index in [1.807, 2.05) is 51.1 Å². The average Bonchev–Trinajstić information content (AvgIpc) is 2.63. The highest BCUT2D eigenvalue weighted by molar-refractivity contribution is 14.0. The number of nitrogens with one attached hydrogen (secondary N) is 2. The van der Waals surface area contributed by atoms with Gasteiger partial charge in [0.05, 0.1) is 18.8 Å². The molecule has 0 bridgehead atoms. The van der Waals surface area contributed by atoms with Crippen LogP contribution in [-0.4, -0.2) is 30.3 Å². The number of aliphatic hydroxyl groups is 1. The summed E-state index contributed by atoms with van der Waals surface area (Å²) >= 11 is 0. The summed E-state index contributed by atoms with van der Waals surface area (Å²) in [4.78, 5) is 4.44. The third kappa shape index (κ3) is 8.43. The zero-order valence-electron chi connectivity index (χ0n) is 16.5. The fourth-order valence-corrected chi connectivity index (χ4v) is 2.53. The SMILES string of the molecule is CCNC(=NCc1cccc(F)c1)NCC(O)c1cccc(OC(C)C)c1.I. The quantitative estimate of drug-likeness (QED) is 0.291. The molecule has 154 valence electrons. The van der Waals surface area contributed by atoms with E-state index in [2.05, 4.69) is 15.6 Å². The average molecular weight is 501 g/mol. The minimum absolute atomic E-state index is 0. The van der Waals surface area contributed by atoms with Crippen molar-refractivity contribution in [1.29, 1.82) is 0 Å². The lowest BCUT2D eigenvalue weighted by molar-refractivity contribution is 0.179. The van der Waals surface area contributed by atoms with Crippen molar-refractivity contribution in [2.45, 2.75) is 39.5 Å². The lowest BCUT2D eigenvalue weighted by Crippen LogP contribution is -2.39. The molecule has 0 saturated heterocycles. The molecule has 0 heterocycles. The van der Waals surface area contributed by atoms with Gasteiger partial charge in [0.15, 0.2) is 5.96 Å². The molecule has 2 rings (SSSR count). The van der Waals surface area contributed by atoms with Crippen LogP contribution in [0.2, 0.25) is 0 Å². The number of benzene rings is 2. The second kappa shape index (κ2) is 12.6. The van der Waals surface area contributed by atoms with Crippen molar-refractivity contribution >= 4 is 29.9 Å². The lowest BCUT2D eigenvalue weighted by atomic mass is 10.1. The van der Waals surface area contributed by atoms with Gasteiger partial charge in [-0.25, -0.2) is 9.38 Å². The minimum Gasteiger partial charge on any atom is -0.491 e. The van der Waals surface area contributed by atoms with Crippen molar-refractivity contribution in [3.05, 3.63) is 65.5 Å². The van der Waals surface area contributed by atoms with E-state index in [9.17, 15) is 9.50 Å². The van der Waals surface area contributed by atoms with Crippen LogP contribution in [0.5, 0.6) is 5.75 Å². The second-order valence-electron chi connectivity index (χ2n) is 6.46. The summed E-state index contributed by atoms with van der Waals surface area (Å²) in [6.45, 7) is 7.21. The lowest BCUT2D eigenvalue weighted by Gasteiger charge is -2.17. The third-order valence-corrected chi connectivity index (χ3v) is 3.73. The van der Waals surface area contributed by atoms with Gasteiger partial charge in [0.2, 0.25) is 0 Å². The molecule has 1 unspecified atom stereocenters. The van der Waals surface area contributed by atoms with E-state index in [4.69, 9.17) is 4.74 Å². The first kappa shape index (κ1) is 24.2. The molecule has 0 aromatic heterocycles. The highest BCUT2D eigenvalue weighted by Gasteiger charge is 2.10. The molecule has 1 atom stereocenters. The van der Waals surface area contributed by atoms with Gasteiger partial charge in [-0.1, -0.05) is 24.3 Å². The van der Waals surface area contributed by atoms with E-state index in [1.165, 1.54) is 12.1 Å². The molecule has 0 amide bonds. The topological polar surface area (TPSA) is 65.9 Å². The molecule has 0 saturated carbocycles. The van der Waals surface area contributed by atoms with Gasteiger partial charge in [-0.15, -0.1) is 24.0 Å². The van der Waals surface area contributed by atoms with Crippen molar-refractivity contribution < 1.29 is 14.2 Å². The number of rotatable bonds is 8. The Hall–Kier alpha value is -1.87. The van der Waals surface area contributed by atoms with Gasteiger partial charge in [0, 0.05) is 13.1 Å². The highest BCUT2D eigenvalue weighted by Crippen LogP contribution is 2.19. The van der Waals surface area contributed by atoms with Crippen LogP contribution in [0.4, 0.5) is 4.39 Å². The third-order valence-electron chi connectivity index (χ3n) is 3.73. The number of ether oxygens (including phenoxy) is 1. The number of hydrogen-bond donors (Lipinski definition) is 3. The Balaban J connectivity index is 0.00000392. The summed E-state index contributed by atoms with van der Waals surface area (Å²) in [6, 6.07) is 13.8. The normalized spacial score (nSPS) is 12.3. The van der Waals surface area contributed by atoms with Gasteiger partial charge in [0.25, 0.3) is 0 Å². The van der Waals surface area contributed by atoms with Gasteiger partial charge >= 0.3 is 0 Å². The van der Waals surface area contributed by atoms with E-state index >= 15 is 0 Å². The van der Waals surface area contributed by atoms with Crippen molar-refractivity contribution in [3.8, 4) is 5.75 Å². The molecule has 0 fully saturated rings. The molecule has 3 N–H and O–H groups in total. The highest BCUT2D eigenvalue weighted by atomic mass is 127. The molecule has 7 heteroatoms. The number of halogens is 2. The van der Waals surface area contributed by atoms with E-state index in [0.29, 0.717) is 25.6 Å². The van der Waals surface area contributed by atoms with E-state index in [0.717, 1.165) is 16.9 Å². The standard InChI is InChI=1S/C21H28FN3O2.HI/c1-4-23-21(24-13-16-7-5-9-18(22)11-16)25-14-20(26)17-8-6-10-19(12-17)27-15(2)3;/h5-12,15,20,26H,4,13-14H2,1-3H3,(H2,23,24,25);1H. The Bertz CT molecular complexity index is 756. The van der Waals surface area contributed by atoms with Crippen LogP contribution in [0.15, 0.2) is 53.5 Å². The Morgan fingerprint density at radius 3 is 2.57 bits per heavy atom. The van der Waals surface area contributed by atoms with Crippen LogP contribution in [0.1, 0.15) is 38.0 Å². The van der Waals surface area contributed by atoms with Gasteiger partial charge in [-0.05, 0) is 56.2 Å². The maximum Gasteiger partial charge on any atom is 0.191 e. The number of aliphatic hydroxyl groups excluding tert-OH is 1. The Morgan fingerprint density at radius 1 is 1.14 bits per heavy atom. The monoisotopic (exact) mass is 501 g/mol. The van der Waals surface area contributed by atoms with Crippen LogP contribution in [-0.2, 0) is 6.54 Å². The Labute approximate surface area is 183 Å². The smallest absolute Gasteiger partial charge is 0.191 e. The van der Waals surface area contributed by atoms with Crippen LogP contribution >= 0.6 is 24.0 Å². The molecule has 0 aliphatic carbocycles. The Kier molecular flexibility index (Phi) is 10.8. The maximum atomic E-state index is 13.3. The van der Waals surface area contributed by atoms with Crippen LogP contribution in [0.3, 0.4) is 0 Å². The molecule has 0 aliphatic rings. The molecule has 0 aliphatic heterocycles. The molecule has 5 nitrogen and oxygen atoms in total. The predicted octanol–water partition coefficient (Wildman–Crippen LogP) is 4.02. The molecule has 2 aromatic rings. The molecular weight excluding hydrogens is 472 g/mol. The van der Waals surface area contributed by atoms with Gasteiger partial charge in [0.1, 0.15) is 11.6 Å². The first-order valence-corrected chi connectivity index (χ1v) is 9.19. The summed E-state index contributed by atoms with van der Waals surface area (Å²) < 4.78 is 18.9. The summed E-state index contributed by atoms with van der Waals surface area (Å²) in [5, 5.41) is 16.7. The number of nitrogens with zero attached hydrogens (tertiary/aromatic N) is 1. The maximum absolute atomic E-state index is 13.3. The number of hydrogen-bond acceptors (Lipinski definition) is 3. The van der Waals surface area contributed by atoms with Crippen LogP contribution in [0, 0.1) is 5.82 Å². The van der Waals surface area contributed by atoms with Crippen LogP contribution < -0.4 is 15.4 Å². The molecule has 0 spiro atoms. The zero-order valence-corrected chi connectivity index (χ0v) is 18.8. The van der Waals surface area contributed by atoms with Gasteiger partial charge in [-0.2, -0.15) is 0 Å². The minimum atomic E-state index is -0.710. The summed E-state index contributed by atoms with van der Waals surface area (Å²) in [5.41, 5.74) is 1.55. The zero-order chi connectivity index (χ0) is 19.6. The molecule has 2 aromatic carbocycles. The van der Waals surface area contributed by atoms with E-state index < -0.39 is 6.10 Å². The first-order valence-electron chi connectivity index (χ1n) is 9.19. The van der Waals surface area contributed by atoms with Crippen LogP contribution in [0.25, 0.3) is 0 Å². The largest absolute Gasteiger partial charge is 0.491 e. The molecule has 28 heavy (non-hydrogen) atoms. The van der Waals surface area contributed by atoms with Crippen molar-refractivity contribution in [3.63, 3.8) is 0 Å². The van der Waals surface area contributed by atoms with Crippen molar-refractivity contribution in [2.75, 3.05) is 13.1 Å². The molecular formula is C21H29FIN3O2. The summed E-state index contributed by atoms with van der Waals surface area (Å²) in [5.74, 6) is 1.02. The van der Waals surface area contributed by atoms with Crippen molar-refractivity contribution in [1.82, 2.24) is 10.6 Å². The second-order valence-corrected chi connectivity index (χ2v) is 6.46.